The quantitative estimate of drug-likeness (QED) is 0.129. The Kier molecular flexibility index (Phi) is 12.0. The molecule has 0 atom stereocenters. The Morgan fingerprint density at radius 1 is 0.284 bits per heavy atom. The number of para-hydroxylation sites is 1. The van der Waals surface area contributed by atoms with E-state index in [1.54, 1.807) is 0 Å². The van der Waals surface area contributed by atoms with Crippen molar-refractivity contribution in [3.05, 3.63) is 303 Å². The van der Waals surface area contributed by atoms with Gasteiger partial charge in [0.1, 0.15) is 11.0 Å². The molecular weight excluding hydrogens is 1000 g/mol. The third-order valence-electron chi connectivity index (χ3n) is 15.8. The van der Waals surface area contributed by atoms with Crippen LogP contribution in [0.25, 0.3) is 127 Å². The Balaban J connectivity index is 0.842. The highest BCUT2D eigenvalue weighted by atomic mass is 32.1. The largest absolute Gasteiger partial charge is 0.309 e. The van der Waals surface area contributed by atoms with E-state index in [1.165, 1.54) is 88.8 Å². The number of hydrogen-bond acceptors (Lipinski definition) is 4. The summed E-state index contributed by atoms with van der Waals surface area (Å²) in [5.74, 6) is 0. The SMILES string of the molecule is c1ccc(-c2cc(-c3ccccc3)cc(-c3ccc(N(c4ccc(-c5cc(-c6ccccc6)cc(-c6ccccc6)c5)cc4)c4ccc(-c5ccc(-n6c7ccccc7c7ccc8ccccc8c76)cc5)c5nsnc45)cc3)c2)cc1. The molecule has 2 heterocycles. The topological polar surface area (TPSA) is 34.0 Å². The molecule has 0 unspecified atom stereocenters. The van der Waals surface area contributed by atoms with Crippen LogP contribution in [0.1, 0.15) is 0 Å². The van der Waals surface area contributed by atoms with Gasteiger partial charge in [-0.3, -0.25) is 0 Å². The summed E-state index contributed by atoms with van der Waals surface area (Å²) < 4.78 is 12.6. The zero-order valence-corrected chi connectivity index (χ0v) is 44.9. The third-order valence-corrected chi connectivity index (χ3v) is 16.4. The number of nitrogens with zero attached hydrogens (tertiary/aromatic N) is 4. The van der Waals surface area contributed by atoms with Crippen LogP contribution in [0, 0.1) is 0 Å². The summed E-state index contributed by atoms with van der Waals surface area (Å²) in [6.07, 6.45) is 0. The standard InChI is InChI=1S/C76H50N4S/c1-5-17-51(18-6-1)59-45-60(52-19-7-2-8-20-52)48-63(47-59)55-29-36-65(37-30-55)79(66-38-31-56(32-39-66)64-49-61(53-21-9-3-10-22-53)46-62(50-64)54-23-11-4-12-24-54)73-44-43-68(74-75(73)78-81-77-74)58-33-40-67(41-34-58)80-72-28-16-15-27-70(72)71-42-35-57-25-13-14-26-69(57)76(71)80/h1-50H. The second-order valence-electron chi connectivity index (χ2n) is 20.7. The highest BCUT2D eigenvalue weighted by Crippen LogP contribution is 2.44. The summed E-state index contributed by atoms with van der Waals surface area (Å²) in [4.78, 5) is 2.34. The summed E-state index contributed by atoms with van der Waals surface area (Å²) in [5.41, 5.74) is 24.3. The molecule has 15 aromatic rings. The molecular formula is C76H50N4S. The Bertz CT molecular complexity index is 4480. The van der Waals surface area contributed by atoms with E-state index in [0.29, 0.717) is 0 Å². The van der Waals surface area contributed by atoms with Crippen molar-refractivity contribution in [2.45, 2.75) is 0 Å². The first-order valence-corrected chi connectivity index (χ1v) is 28.2. The predicted molar refractivity (Wildman–Crippen MR) is 342 cm³/mol. The van der Waals surface area contributed by atoms with E-state index in [1.807, 2.05) is 0 Å². The van der Waals surface area contributed by atoms with Crippen molar-refractivity contribution in [2.24, 2.45) is 0 Å². The maximum Gasteiger partial charge on any atom is 0.129 e. The number of benzene rings is 13. The molecule has 4 nitrogen and oxygen atoms in total. The molecule has 0 amide bonds. The molecule has 5 heteroatoms. The van der Waals surface area contributed by atoms with Crippen LogP contribution in [0.3, 0.4) is 0 Å². The van der Waals surface area contributed by atoms with Gasteiger partial charge in [0.2, 0.25) is 0 Å². The second-order valence-corrected chi connectivity index (χ2v) is 21.2. The maximum atomic E-state index is 5.10. The van der Waals surface area contributed by atoms with Gasteiger partial charge in [-0.05, 0) is 169 Å². The molecule has 0 fully saturated rings. The Hall–Kier alpha value is -10.5. The van der Waals surface area contributed by atoms with Crippen molar-refractivity contribution in [2.75, 3.05) is 4.90 Å². The molecule has 0 aliphatic rings. The zero-order chi connectivity index (χ0) is 53.6. The van der Waals surface area contributed by atoms with Crippen LogP contribution in [-0.4, -0.2) is 13.3 Å². The second kappa shape index (κ2) is 20.4. The van der Waals surface area contributed by atoms with Gasteiger partial charge in [0, 0.05) is 38.8 Å². The lowest BCUT2D eigenvalue weighted by Crippen LogP contribution is -2.10. The molecule has 0 bridgehead atoms. The zero-order valence-electron chi connectivity index (χ0n) is 44.1. The van der Waals surface area contributed by atoms with E-state index in [2.05, 4.69) is 313 Å². The average molecular weight is 1050 g/mol. The summed E-state index contributed by atoms with van der Waals surface area (Å²) in [6.45, 7) is 0. The van der Waals surface area contributed by atoms with Crippen LogP contribution < -0.4 is 4.90 Å². The van der Waals surface area contributed by atoms with Crippen LogP contribution in [-0.2, 0) is 0 Å². The van der Waals surface area contributed by atoms with Crippen molar-refractivity contribution in [1.82, 2.24) is 13.3 Å². The van der Waals surface area contributed by atoms with E-state index in [-0.39, 0.29) is 0 Å². The molecule has 81 heavy (non-hydrogen) atoms. The van der Waals surface area contributed by atoms with E-state index in [9.17, 15) is 0 Å². The predicted octanol–water partition coefficient (Wildman–Crippen LogP) is 21.1. The summed E-state index contributed by atoms with van der Waals surface area (Å²) in [6, 6.07) is 110. The van der Waals surface area contributed by atoms with Crippen LogP contribution in [0.5, 0.6) is 0 Å². The third kappa shape index (κ3) is 8.83. The highest BCUT2D eigenvalue weighted by Gasteiger charge is 2.22. The molecule has 2 aromatic heterocycles. The van der Waals surface area contributed by atoms with Gasteiger partial charge in [-0.25, -0.2) is 0 Å². The van der Waals surface area contributed by atoms with E-state index >= 15 is 0 Å². The van der Waals surface area contributed by atoms with Crippen molar-refractivity contribution in [3.8, 4) is 83.6 Å². The molecule has 0 saturated heterocycles. The normalized spacial score (nSPS) is 11.5. The van der Waals surface area contributed by atoms with Crippen LogP contribution in [0.2, 0.25) is 0 Å². The minimum atomic E-state index is 0.842. The van der Waals surface area contributed by atoms with Gasteiger partial charge >= 0.3 is 0 Å². The molecule has 15 rings (SSSR count). The number of fused-ring (bicyclic) bond motifs is 6. The molecule has 0 N–H and O–H groups in total. The molecule has 0 radical (unpaired) electrons. The number of aromatic nitrogens is 3. The van der Waals surface area contributed by atoms with Gasteiger partial charge in [-0.1, -0.05) is 212 Å². The first-order valence-electron chi connectivity index (χ1n) is 27.5. The summed E-state index contributed by atoms with van der Waals surface area (Å²) >= 11 is 1.26. The Labute approximate surface area is 474 Å². The lowest BCUT2D eigenvalue weighted by molar-refractivity contribution is 1.19. The fraction of sp³-hybridized carbons (Fsp3) is 0. The lowest BCUT2D eigenvalue weighted by atomic mass is 9.93. The van der Waals surface area contributed by atoms with Crippen LogP contribution >= 0.6 is 11.7 Å². The van der Waals surface area contributed by atoms with Gasteiger partial charge in [0.15, 0.2) is 0 Å². The van der Waals surface area contributed by atoms with Gasteiger partial charge < -0.3 is 9.47 Å². The maximum absolute atomic E-state index is 5.10. The average Bonchev–Trinajstić information content (AvgIpc) is 4.38. The smallest absolute Gasteiger partial charge is 0.129 e. The number of rotatable bonds is 11. The Morgan fingerprint density at radius 2 is 0.691 bits per heavy atom. The van der Waals surface area contributed by atoms with Gasteiger partial charge in [-0.15, -0.1) is 0 Å². The van der Waals surface area contributed by atoms with Crippen LogP contribution in [0.4, 0.5) is 17.1 Å². The molecule has 13 aromatic carbocycles. The fourth-order valence-corrected chi connectivity index (χ4v) is 12.4. The van der Waals surface area contributed by atoms with E-state index in [4.69, 9.17) is 8.75 Å². The van der Waals surface area contributed by atoms with E-state index in [0.717, 1.165) is 67.2 Å². The first kappa shape index (κ1) is 47.7. The summed E-state index contributed by atoms with van der Waals surface area (Å²) in [5, 5.41) is 4.95. The van der Waals surface area contributed by atoms with Crippen LogP contribution in [0.15, 0.2) is 303 Å². The summed E-state index contributed by atoms with van der Waals surface area (Å²) in [7, 11) is 0. The molecule has 0 aliphatic carbocycles. The first-order chi connectivity index (χ1) is 40.1. The van der Waals surface area contributed by atoms with E-state index < -0.39 is 0 Å². The molecule has 0 spiro atoms. The van der Waals surface area contributed by atoms with Crippen molar-refractivity contribution < 1.29 is 0 Å². The number of anilines is 3. The molecule has 0 aliphatic heterocycles. The number of hydrogen-bond donors (Lipinski definition) is 0. The van der Waals surface area contributed by atoms with Gasteiger partial charge in [-0.2, -0.15) is 8.75 Å². The molecule has 380 valence electrons. The van der Waals surface area contributed by atoms with Crippen molar-refractivity contribution >= 4 is 72.4 Å². The van der Waals surface area contributed by atoms with Crippen molar-refractivity contribution in [1.29, 1.82) is 0 Å². The monoisotopic (exact) mass is 1050 g/mol. The fourth-order valence-electron chi connectivity index (χ4n) is 11.9. The van der Waals surface area contributed by atoms with Crippen molar-refractivity contribution in [3.63, 3.8) is 0 Å². The lowest BCUT2D eigenvalue weighted by Gasteiger charge is -2.26. The Morgan fingerprint density at radius 3 is 1.19 bits per heavy atom. The minimum Gasteiger partial charge on any atom is -0.309 e. The highest BCUT2D eigenvalue weighted by molar-refractivity contribution is 7.00. The minimum absolute atomic E-state index is 0.842. The van der Waals surface area contributed by atoms with Gasteiger partial charge in [0.25, 0.3) is 0 Å². The molecule has 0 saturated carbocycles. The van der Waals surface area contributed by atoms with Gasteiger partial charge in [0.05, 0.1) is 28.4 Å².